The van der Waals surface area contributed by atoms with Crippen molar-refractivity contribution in [3.05, 3.63) is 23.8 Å². The molecule has 0 radical (unpaired) electrons. The van der Waals surface area contributed by atoms with Crippen LogP contribution < -0.4 is 4.74 Å². The SMILES string of the molecule is COc1cc([C@@H]2[C@H](C(=O)OC(C)(C)C)C(=O)C[C@@](C)(O)[C@H]2C(=O)OC(C)(C)C)ccc1O. The Hall–Kier alpha value is -2.61. The van der Waals surface area contributed by atoms with Crippen LogP contribution >= 0.6 is 0 Å². The van der Waals surface area contributed by atoms with Gasteiger partial charge in [0.1, 0.15) is 17.1 Å². The monoisotopic (exact) mass is 450 g/mol. The van der Waals surface area contributed by atoms with E-state index in [1.54, 1.807) is 41.5 Å². The van der Waals surface area contributed by atoms with Gasteiger partial charge >= 0.3 is 11.9 Å². The van der Waals surface area contributed by atoms with Crippen LogP contribution in [0.25, 0.3) is 0 Å². The van der Waals surface area contributed by atoms with E-state index in [0.29, 0.717) is 5.56 Å². The van der Waals surface area contributed by atoms with Gasteiger partial charge in [-0.3, -0.25) is 14.4 Å². The number of aromatic hydroxyl groups is 1. The van der Waals surface area contributed by atoms with E-state index in [1.807, 2.05) is 0 Å². The molecule has 0 unspecified atom stereocenters. The highest BCUT2D eigenvalue weighted by Crippen LogP contribution is 2.48. The van der Waals surface area contributed by atoms with Crippen LogP contribution in [0.15, 0.2) is 18.2 Å². The van der Waals surface area contributed by atoms with Crippen LogP contribution in [0, 0.1) is 11.8 Å². The maximum Gasteiger partial charge on any atom is 0.317 e. The van der Waals surface area contributed by atoms with E-state index in [2.05, 4.69) is 0 Å². The molecule has 0 heterocycles. The molecule has 0 bridgehead atoms. The summed E-state index contributed by atoms with van der Waals surface area (Å²) >= 11 is 0. The zero-order chi connectivity index (χ0) is 24.6. The van der Waals surface area contributed by atoms with E-state index in [1.165, 1.54) is 32.2 Å². The largest absolute Gasteiger partial charge is 0.504 e. The first-order valence-electron chi connectivity index (χ1n) is 10.5. The Labute approximate surface area is 188 Å². The fourth-order valence-electron chi connectivity index (χ4n) is 4.05. The number of rotatable bonds is 4. The molecule has 8 heteroatoms. The predicted octanol–water partition coefficient (Wildman–Crippen LogP) is 3.12. The van der Waals surface area contributed by atoms with Gasteiger partial charge in [0, 0.05) is 12.3 Å². The Morgan fingerprint density at radius 2 is 1.56 bits per heavy atom. The molecule has 2 N–H and O–H groups in total. The lowest BCUT2D eigenvalue weighted by Crippen LogP contribution is -2.56. The molecule has 1 aromatic rings. The molecule has 0 aromatic heterocycles. The summed E-state index contributed by atoms with van der Waals surface area (Å²) in [6, 6.07) is 4.29. The van der Waals surface area contributed by atoms with Crippen molar-refractivity contribution in [1.82, 2.24) is 0 Å². The molecule has 1 aliphatic carbocycles. The second-order valence-corrected chi connectivity index (χ2v) is 10.5. The topological polar surface area (TPSA) is 119 Å². The van der Waals surface area contributed by atoms with Crippen molar-refractivity contribution in [3.63, 3.8) is 0 Å². The van der Waals surface area contributed by atoms with Gasteiger partial charge in [0.2, 0.25) is 0 Å². The molecule has 8 nitrogen and oxygen atoms in total. The van der Waals surface area contributed by atoms with Crippen molar-refractivity contribution in [1.29, 1.82) is 0 Å². The number of aliphatic hydroxyl groups is 1. The average Bonchev–Trinajstić information content (AvgIpc) is 2.57. The minimum absolute atomic E-state index is 0.103. The maximum absolute atomic E-state index is 13.3. The van der Waals surface area contributed by atoms with Crippen LogP contribution in [-0.2, 0) is 23.9 Å². The number of phenols is 1. The molecule has 1 saturated carbocycles. The van der Waals surface area contributed by atoms with Gasteiger partial charge in [-0.25, -0.2) is 0 Å². The van der Waals surface area contributed by atoms with Crippen LogP contribution in [0.2, 0.25) is 0 Å². The zero-order valence-electron chi connectivity index (χ0n) is 20.0. The Morgan fingerprint density at radius 3 is 2.06 bits per heavy atom. The number of benzene rings is 1. The summed E-state index contributed by atoms with van der Waals surface area (Å²) in [7, 11) is 1.36. The molecule has 0 spiro atoms. The van der Waals surface area contributed by atoms with Gasteiger partial charge < -0.3 is 24.4 Å². The third kappa shape index (κ3) is 5.79. The number of methoxy groups -OCH3 is 1. The van der Waals surface area contributed by atoms with Crippen LogP contribution in [0.4, 0.5) is 0 Å². The number of hydrogen-bond donors (Lipinski definition) is 2. The third-order valence-electron chi connectivity index (χ3n) is 5.18. The van der Waals surface area contributed by atoms with Gasteiger partial charge in [-0.1, -0.05) is 6.07 Å². The lowest BCUT2D eigenvalue weighted by molar-refractivity contribution is -0.182. The summed E-state index contributed by atoms with van der Waals surface area (Å²) in [5, 5.41) is 21.2. The van der Waals surface area contributed by atoms with Gasteiger partial charge in [0.25, 0.3) is 0 Å². The maximum atomic E-state index is 13.3. The Kier molecular flexibility index (Phi) is 7.00. The number of Topliss-reactive ketones (excluding diaryl/α,β-unsaturated/α-hetero) is 1. The number of ether oxygens (including phenoxy) is 3. The molecule has 0 aliphatic heterocycles. The molecular weight excluding hydrogens is 416 g/mol. The molecule has 4 atom stereocenters. The second kappa shape index (κ2) is 8.73. The molecule has 1 fully saturated rings. The van der Waals surface area contributed by atoms with Crippen LogP contribution in [0.3, 0.4) is 0 Å². The van der Waals surface area contributed by atoms with E-state index in [9.17, 15) is 24.6 Å². The van der Waals surface area contributed by atoms with Crippen molar-refractivity contribution in [2.24, 2.45) is 11.8 Å². The van der Waals surface area contributed by atoms with Crippen molar-refractivity contribution >= 4 is 17.7 Å². The number of carbonyl (C=O) groups is 3. The Balaban J connectivity index is 2.70. The third-order valence-corrected chi connectivity index (χ3v) is 5.18. The van der Waals surface area contributed by atoms with Crippen molar-refractivity contribution in [2.45, 2.75) is 77.6 Å². The van der Waals surface area contributed by atoms with Gasteiger partial charge in [0.05, 0.1) is 18.6 Å². The highest BCUT2D eigenvalue weighted by Gasteiger charge is 2.58. The van der Waals surface area contributed by atoms with E-state index < -0.39 is 58.7 Å². The molecule has 32 heavy (non-hydrogen) atoms. The van der Waals surface area contributed by atoms with Crippen LogP contribution in [0.1, 0.15) is 66.4 Å². The fourth-order valence-corrected chi connectivity index (χ4v) is 4.05. The van der Waals surface area contributed by atoms with E-state index >= 15 is 0 Å². The summed E-state index contributed by atoms with van der Waals surface area (Å²) in [5.74, 6) is -5.79. The minimum atomic E-state index is -1.77. The molecule has 0 amide bonds. The number of phenolic OH excluding ortho intramolecular Hbond substituents is 1. The predicted molar refractivity (Wildman–Crippen MR) is 116 cm³/mol. The summed E-state index contributed by atoms with van der Waals surface area (Å²) in [4.78, 5) is 39.5. The smallest absolute Gasteiger partial charge is 0.317 e. The van der Waals surface area contributed by atoms with Crippen LogP contribution in [0.5, 0.6) is 11.5 Å². The summed E-state index contributed by atoms with van der Waals surface area (Å²) < 4.78 is 16.2. The summed E-state index contributed by atoms with van der Waals surface area (Å²) in [6.07, 6.45) is -0.410. The van der Waals surface area contributed by atoms with Gasteiger partial charge in [-0.15, -0.1) is 0 Å². The van der Waals surface area contributed by atoms with Gasteiger partial charge in [-0.05, 0) is 66.2 Å². The first-order chi connectivity index (χ1) is 14.5. The van der Waals surface area contributed by atoms with Crippen LogP contribution in [-0.4, -0.2) is 51.8 Å². The quantitative estimate of drug-likeness (QED) is 0.530. The Bertz CT molecular complexity index is 888. The van der Waals surface area contributed by atoms with E-state index in [4.69, 9.17) is 14.2 Å². The standard InChI is InChI=1S/C24H34O8/c1-22(2,3)31-20(27)18-15(26)12-24(7,29)19(21(28)32-23(4,5)6)17(18)13-9-10-14(25)16(11-13)30-8/h9-11,17-19,25,29H,12H2,1-8H3/t17-,18-,19-,24-/m1/s1. The zero-order valence-corrected chi connectivity index (χ0v) is 20.0. The lowest BCUT2D eigenvalue weighted by atomic mass is 9.61. The van der Waals surface area contributed by atoms with Crippen molar-refractivity contribution in [2.75, 3.05) is 7.11 Å². The fraction of sp³-hybridized carbons (Fsp3) is 0.625. The summed E-state index contributed by atoms with van der Waals surface area (Å²) in [5.41, 5.74) is -3.13. The Morgan fingerprint density at radius 1 is 1.03 bits per heavy atom. The molecular formula is C24H34O8. The molecule has 1 aromatic carbocycles. The van der Waals surface area contributed by atoms with Gasteiger partial charge in [0.15, 0.2) is 17.3 Å². The first-order valence-corrected chi connectivity index (χ1v) is 10.5. The molecule has 178 valence electrons. The highest BCUT2D eigenvalue weighted by molar-refractivity contribution is 6.03. The first kappa shape index (κ1) is 25.6. The molecule has 2 rings (SSSR count). The number of ketones is 1. The van der Waals surface area contributed by atoms with Crippen molar-refractivity contribution in [3.8, 4) is 11.5 Å². The number of hydrogen-bond acceptors (Lipinski definition) is 8. The highest BCUT2D eigenvalue weighted by atomic mass is 16.6. The van der Waals surface area contributed by atoms with Crippen molar-refractivity contribution < 1.29 is 38.8 Å². The number of esters is 2. The van der Waals surface area contributed by atoms with E-state index in [-0.39, 0.29) is 11.5 Å². The number of carbonyl (C=O) groups excluding carboxylic acids is 3. The molecule has 0 saturated heterocycles. The average molecular weight is 451 g/mol. The molecule has 1 aliphatic rings. The normalized spacial score (nSPS) is 26.4. The summed E-state index contributed by atoms with van der Waals surface area (Å²) in [6.45, 7) is 11.5. The second-order valence-electron chi connectivity index (χ2n) is 10.5. The lowest BCUT2D eigenvalue weighted by Gasteiger charge is -2.44. The van der Waals surface area contributed by atoms with E-state index in [0.717, 1.165) is 0 Å². The minimum Gasteiger partial charge on any atom is -0.504 e. The van der Waals surface area contributed by atoms with Gasteiger partial charge in [-0.2, -0.15) is 0 Å².